The molecule has 1 amide bonds. The fourth-order valence-electron chi connectivity index (χ4n) is 4.33. The van der Waals surface area contributed by atoms with Crippen LogP contribution in [-0.2, 0) is 4.79 Å². The summed E-state index contributed by atoms with van der Waals surface area (Å²) in [6.45, 7) is 5.95. The molecule has 0 heterocycles. The Balaban J connectivity index is 1.73. The van der Waals surface area contributed by atoms with E-state index in [2.05, 4.69) is 5.32 Å². The van der Waals surface area contributed by atoms with Crippen LogP contribution in [0, 0.1) is 19.7 Å². The van der Waals surface area contributed by atoms with Crippen LogP contribution in [0.15, 0.2) is 54.1 Å². The van der Waals surface area contributed by atoms with Crippen molar-refractivity contribution in [3.8, 4) is 17.2 Å². The summed E-state index contributed by atoms with van der Waals surface area (Å²) in [5.74, 6) is -0.0572. The first-order chi connectivity index (χ1) is 16.7. The maximum Gasteiger partial charge on any atom is 0.228 e. The van der Waals surface area contributed by atoms with Gasteiger partial charge in [0.15, 0.2) is 11.5 Å². The zero-order valence-corrected chi connectivity index (χ0v) is 20.5. The number of phenolic OH excluding ortho intramolecular Hbond substituents is 1. The summed E-state index contributed by atoms with van der Waals surface area (Å²) in [7, 11) is 2.94. The van der Waals surface area contributed by atoms with Gasteiger partial charge in [-0.25, -0.2) is 4.39 Å². The third kappa shape index (κ3) is 4.78. The molecule has 0 saturated heterocycles. The van der Waals surface area contributed by atoms with Gasteiger partial charge in [-0.05, 0) is 108 Å². The number of hydrogen-bond acceptors (Lipinski definition) is 4. The van der Waals surface area contributed by atoms with Crippen LogP contribution in [-0.4, -0.2) is 25.2 Å². The summed E-state index contributed by atoms with van der Waals surface area (Å²) in [6, 6.07) is 13.8. The Morgan fingerprint density at radius 2 is 1.63 bits per heavy atom. The molecule has 0 spiro atoms. The fraction of sp³-hybridized carbons (Fsp3) is 0.207. The molecule has 4 rings (SSSR count). The van der Waals surface area contributed by atoms with Crippen molar-refractivity contribution in [2.24, 2.45) is 0 Å². The maximum atomic E-state index is 14.2. The van der Waals surface area contributed by atoms with Crippen molar-refractivity contribution in [1.29, 1.82) is 0 Å². The van der Waals surface area contributed by atoms with Crippen molar-refractivity contribution < 1.29 is 23.8 Å². The molecule has 0 aliphatic heterocycles. The van der Waals surface area contributed by atoms with Gasteiger partial charge in [0, 0.05) is 5.69 Å². The zero-order valence-electron chi connectivity index (χ0n) is 20.5. The molecule has 35 heavy (non-hydrogen) atoms. The molecule has 6 heteroatoms. The monoisotopic (exact) mass is 473 g/mol. The van der Waals surface area contributed by atoms with E-state index in [0.717, 1.165) is 44.7 Å². The van der Waals surface area contributed by atoms with Gasteiger partial charge in [-0.2, -0.15) is 0 Å². The van der Waals surface area contributed by atoms with Crippen LogP contribution >= 0.6 is 0 Å². The van der Waals surface area contributed by atoms with Crippen LogP contribution in [0.25, 0.3) is 17.2 Å². The first-order valence-electron chi connectivity index (χ1n) is 11.3. The van der Waals surface area contributed by atoms with E-state index in [1.54, 1.807) is 18.2 Å². The van der Waals surface area contributed by atoms with Gasteiger partial charge in [-0.15, -0.1) is 0 Å². The number of aryl methyl sites for hydroxylation is 2. The lowest BCUT2D eigenvalue weighted by Crippen LogP contribution is -2.12. The third-order valence-corrected chi connectivity index (χ3v) is 6.39. The lowest BCUT2D eigenvalue weighted by atomic mass is 10.00. The van der Waals surface area contributed by atoms with Crippen LogP contribution in [0.5, 0.6) is 17.2 Å². The molecule has 5 nitrogen and oxygen atoms in total. The number of phenols is 1. The van der Waals surface area contributed by atoms with E-state index in [4.69, 9.17) is 9.47 Å². The van der Waals surface area contributed by atoms with E-state index in [-0.39, 0.29) is 35.4 Å². The molecule has 3 aromatic carbocycles. The van der Waals surface area contributed by atoms with Gasteiger partial charge >= 0.3 is 0 Å². The minimum atomic E-state index is -0.363. The van der Waals surface area contributed by atoms with Gasteiger partial charge in [-0.3, -0.25) is 4.79 Å². The number of nitrogens with one attached hydrogen (secondary N) is 1. The number of benzene rings is 3. The van der Waals surface area contributed by atoms with Crippen molar-refractivity contribution in [3.63, 3.8) is 0 Å². The Labute approximate surface area is 204 Å². The van der Waals surface area contributed by atoms with Gasteiger partial charge < -0.3 is 19.9 Å². The quantitative estimate of drug-likeness (QED) is 0.428. The van der Waals surface area contributed by atoms with Crippen molar-refractivity contribution >= 4 is 28.8 Å². The van der Waals surface area contributed by atoms with Crippen LogP contribution in [0.3, 0.4) is 0 Å². The second-order valence-electron chi connectivity index (χ2n) is 8.65. The molecular formula is C29H28FNO4. The number of halogens is 1. The molecule has 1 aliphatic carbocycles. The first-order valence-corrected chi connectivity index (χ1v) is 11.3. The maximum absolute atomic E-state index is 14.2. The van der Waals surface area contributed by atoms with E-state index in [0.29, 0.717) is 5.56 Å². The molecule has 180 valence electrons. The van der Waals surface area contributed by atoms with Crippen LogP contribution < -0.4 is 14.8 Å². The smallest absolute Gasteiger partial charge is 0.228 e. The van der Waals surface area contributed by atoms with E-state index >= 15 is 0 Å². The molecule has 0 saturated carbocycles. The highest BCUT2D eigenvalue weighted by Crippen LogP contribution is 2.45. The summed E-state index contributed by atoms with van der Waals surface area (Å²) in [6.07, 6.45) is 2.03. The molecular weight excluding hydrogens is 445 g/mol. The summed E-state index contributed by atoms with van der Waals surface area (Å²) < 4.78 is 24.8. The van der Waals surface area contributed by atoms with Gasteiger partial charge in [0.2, 0.25) is 11.7 Å². The molecule has 0 bridgehead atoms. The number of carbonyl (C=O) groups is 1. The van der Waals surface area contributed by atoms with Crippen molar-refractivity contribution in [1.82, 2.24) is 0 Å². The number of carbonyl (C=O) groups excluding carboxylic acids is 1. The highest BCUT2D eigenvalue weighted by Gasteiger charge is 2.26. The molecule has 0 aromatic heterocycles. The van der Waals surface area contributed by atoms with Crippen molar-refractivity contribution in [2.75, 3.05) is 19.5 Å². The lowest BCUT2D eigenvalue weighted by molar-refractivity contribution is -0.115. The van der Waals surface area contributed by atoms with Gasteiger partial charge in [-0.1, -0.05) is 12.1 Å². The zero-order chi connectivity index (χ0) is 25.3. The molecule has 1 aliphatic rings. The first kappa shape index (κ1) is 24.1. The number of hydrogen-bond donors (Lipinski definition) is 2. The number of rotatable bonds is 6. The van der Waals surface area contributed by atoms with Gasteiger partial charge in [0.1, 0.15) is 5.82 Å². The Bertz CT molecular complexity index is 1360. The molecule has 0 radical (unpaired) electrons. The largest absolute Gasteiger partial charge is 0.502 e. The third-order valence-electron chi connectivity index (χ3n) is 6.39. The molecule has 0 unspecified atom stereocenters. The van der Waals surface area contributed by atoms with Gasteiger partial charge in [0.25, 0.3) is 0 Å². The standard InChI is InChI=1S/C29H28FNO4/c1-16-6-8-21(10-17(16)2)31-28(32)15-24-18(3)23(22-9-7-20(30)14-25(22)24)11-19-12-26(34-4)29(33)27(13-19)35-5/h6-14,33H,15H2,1-5H3,(H,31,32)/b23-11-. The number of anilines is 1. The van der Waals surface area contributed by atoms with Crippen LogP contribution in [0.2, 0.25) is 0 Å². The fourth-order valence-corrected chi connectivity index (χ4v) is 4.33. The molecule has 2 N–H and O–H groups in total. The number of ether oxygens (including phenoxy) is 2. The Hall–Kier alpha value is -4.06. The summed E-state index contributed by atoms with van der Waals surface area (Å²) in [4.78, 5) is 13.0. The normalized spacial score (nSPS) is 13.7. The SMILES string of the molecule is COc1cc(/C=C2/C(C)=C(CC(=O)Nc3ccc(C)c(C)c3)c3cc(F)ccc32)cc(OC)c1O. The summed E-state index contributed by atoms with van der Waals surface area (Å²) in [5.41, 5.74) is 7.76. The predicted molar refractivity (Wildman–Crippen MR) is 137 cm³/mol. The summed E-state index contributed by atoms with van der Waals surface area (Å²) in [5, 5.41) is 13.2. The Kier molecular flexibility index (Phi) is 6.65. The second kappa shape index (κ2) is 9.66. The summed E-state index contributed by atoms with van der Waals surface area (Å²) >= 11 is 0. The Morgan fingerprint density at radius 3 is 2.26 bits per heavy atom. The van der Waals surface area contributed by atoms with Crippen LogP contribution in [0.4, 0.5) is 10.1 Å². The molecule has 0 atom stereocenters. The number of allylic oxidation sites excluding steroid dienone is 2. The van der Waals surface area contributed by atoms with Crippen molar-refractivity contribution in [2.45, 2.75) is 27.2 Å². The number of amides is 1. The highest BCUT2D eigenvalue weighted by molar-refractivity contribution is 6.10. The Morgan fingerprint density at radius 1 is 0.943 bits per heavy atom. The van der Waals surface area contributed by atoms with E-state index in [9.17, 15) is 14.3 Å². The van der Waals surface area contributed by atoms with Gasteiger partial charge in [0.05, 0.1) is 20.6 Å². The second-order valence-corrected chi connectivity index (χ2v) is 8.65. The minimum Gasteiger partial charge on any atom is -0.502 e. The van der Waals surface area contributed by atoms with E-state index < -0.39 is 0 Å². The van der Waals surface area contributed by atoms with Crippen LogP contribution in [0.1, 0.15) is 41.2 Å². The van der Waals surface area contributed by atoms with E-state index in [1.807, 2.05) is 45.0 Å². The number of aromatic hydroxyl groups is 1. The highest BCUT2D eigenvalue weighted by atomic mass is 19.1. The molecule has 0 fully saturated rings. The average molecular weight is 474 g/mol. The minimum absolute atomic E-state index is 0.0815. The van der Waals surface area contributed by atoms with E-state index in [1.165, 1.54) is 26.4 Å². The average Bonchev–Trinajstić information content (AvgIpc) is 3.07. The molecule has 3 aromatic rings. The van der Waals surface area contributed by atoms with Crippen molar-refractivity contribution in [3.05, 3.63) is 87.7 Å². The lowest BCUT2D eigenvalue weighted by Gasteiger charge is -2.11. The predicted octanol–water partition coefficient (Wildman–Crippen LogP) is 6.52. The number of methoxy groups -OCH3 is 2. The topological polar surface area (TPSA) is 67.8 Å². The number of fused-ring (bicyclic) bond motifs is 1.